The molecule has 0 spiro atoms. The smallest absolute Gasteiger partial charge is 0.224 e. The fraction of sp³-hybridized carbons (Fsp3) is 0.278. The summed E-state index contributed by atoms with van der Waals surface area (Å²) in [6, 6.07) is 17.9. The summed E-state index contributed by atoms with van der Waals surface area (Å²) in [6.07, 6.45) is 0.393. The highest BCUT2D eigenvalue weighted by atomic mass is 79.9. The largest absolute Gasteiger partial charge is 0.348 e. The summed E-state index contributed by atoms with van der Waals surface area (Å²) in [4.78, 5) is 14.4. The fourth-order valence-corrected chi connectivity index (χ4v) is 2.58. The predicted octanol–water partition coefficient (Wildman–Crippen LogP) is 3.41. The molecule has 0 fully saturated rings. The summed E-state index contributed by atoms with van der Waals surface area (Å²) >= 11 is 3.40. The van der Waals surface area contributed by atoms with E-state index < -0.39 is 0 Å². The Morgan fingerprint density at radius 3 is 2.32 bits per heavy atom. The van der Waals surface area contributed by atoms with Gasteiger partial charge in [-0.15, -0.1) is 0 Å². The molecule has 0 radical (unpaired) electrons. The van der Waals surface area contributed by atoms with Crippen molar-refractivity contribution in [1.29, 1.82) is 0 Å². The zero-order valence-electron chi connectivity index (χ0n) is 12.9. The molecule has 0 aliphatic heterocycles. The first-order valence-electron chi connectivity index (χ1n) is 7.28. The quantitative estimate of drug-likeness (QED) is 0.855. The van der Waals surface area contributed by atoms with Crippen molar-refractivity contribution in [1.82, 2.24) is 10.2 Å². The lowest BCUT2D eigenvalue weighted by atomic mass is 10.1. The third kappa shape index (κ3) is 5.28. The number of amides is 1. The van der Waals surface area contributed by atoms with Crippen LogP contribution in [0.5, 0.6) is 0 Å². The van der Waals surface area contributed by atoms with Crippen molar-refractivity contribution in [2.75, 3.05) is 20.6 Å². The molecule has 0 saturated carbocycles. The second-order valence-electron chi connectivity index (χ2n) is 5.60. The molecule has 116 valence electrons. The number of hydrogen-bond acceptors (Lipinski definition) is 2. The van der Waals surface area contributed by atoms with Crippen LogP contribution in [0.1, 0.15) is 17.2 Å². The van der Waals surface area contributed by atoms with E-state index in [1.54, 1.807) is 0 Å². The van der Waals surface area contributed by atoms with Crippen LogP contribution in [-0.4, -0.2) is 31.4 Å². The minimum absolute atomic E-state index is 0.000789. The van der Waals surface area contributed by atoms with Gasteiger partial charge in [0, 0.05) is 11.0 Å². The fourth-order valence-electron chi connectivity index (χ4n) is 2.32. The molecule has 1 amide bonds. The van der Waals surface area contributed by atoms with Crippen LogP contribution in [0.3, 0.4) is 0 Å². The number of benzene rings is 2. The standard InChI is InChI=1S/C18H21BrN2O/c1-21(2)13-17(15-6-4-3-5-7-15)20-18(22)12-14-8-10-16(19)11-9-14/h3-11,17H,12-13H2,1-2H3,(H,20,22)/t17-/m1/s1. The van der Waals surface area contributed by atoms with Crippen LogP contribution >= 0.6 is 15.9 Å². The summed E-state index contributed by atoms with van der Waals surface area (Å²) in [5, 5.41) is 3.14. The minimum Gasteiger partial charge on any atom is -0.348 e. The van der Waals surface area contributed by atoms with Crippen LogP contribution in [-0.2, 0) is 11.2 Å². The SMILES string of the molecule is CN(C)C[C@@H](NC(=O)Cc1ccc(Br)cc1)c1ccccc1. The predicted molar refractivity (Wildman–Crippen MR) is 93.7 cm³/mol. The number of carbonyl (C=O) groups excluding carboxylic acids is 1. The van der Waals surface area contributed by atoms with Crippen molar-refractivity contribution >= 4 is 21.8 Å². The first kappa shape index (κ1) is 16.7. The molecule has 0 bridgehead atoms. The molecule has 2 rings (SSSR count). The Morgan fingerprint density at radius 2 is 1.73 bits per heavy atom. The van der Waals surface area contributed by atoms with Crippen LogP contribution < -0.4 is 5.32 Å². The van der Waals surface area contributed by atoms with Gasteiger partial charge < -0.3 is 10.2 Å². The van der Waals surface area contributed by atoms with Gasteiger partial charge in [0.15, 0.2) is 0 Å². The van der Waals surface area contributed by atoms with Gasteiger partial charge in [-0.25, -0.2) is 0 Å². The molecule has 2 aromatic carbocycles. The Hall–Kier alpha value is -1.65. The molecule has 0 aromatic heterocycles. The molecule has 0 aliphatic carbocycles. The summed E-state index contributed by atoms with van der Waals surface area (Å²) in [5.74, 6) is 0.0398. The number of hydrogen-bond donors (Lipinski definition) is 1. The lowest BCUT2D eigenvalue weighted by Crippen LogP contribution is -2.36. The number of likely N-dealkylation sites (N-methyl/N-ethyl adjacent to an activating group) is 1. The molecule has 3 nitrogen and oxygen atoms in total. The zero-order valence-corrected chi connectivity index (χ0v) is 14.5. The van der Waals surface area contributed by atoms with Crippen LogP contribution in [0.2, 0.25) is 0 Å². The van der Waals surface area contributed by atoms with E-state index in [1.165, 1.54) is 0 Å². The normalized spacial score (nSPS) is 12.2. The maximum Gasteiger partial charge on any atom is 0.224 e. The van der Waals surface area contributed by atoms with Gasteiger partial charge in [0.05, 0.1) is 12.5 Å². The van der Waals surface area contributed by atoms with Gasteiger partial charge in [-0.3, -0.25) is 4.79 Å². The molecule has 22 heavy (non-hydrogen) atoms. The second-order valence-corrected chi connectivity index (χ2v) is 6.51. The second kappa shape index (κ2) is 8.11. The summed E-state index contributed by atoms with van der Waals surface area (Å²) in [6.45, 7) is 0.774. The highest BCUT2D eigenvalue weighted by Gasteiger charge is 2.15. The lowest BCUT2D eigenvalue weighted by Gasteiger charge is -2.23. The lowest BCUT2D eigenvalue weighted by molar-refractivity contribution is -0.121. The van der Waals surface area contributed by atoms with Crippen LogP contribution in [0.4, 0.5) is 0 Å². The highest BCUT2D eigenvalue weighted by Crippen LogP contribution is 2.15. The van der Waals surface area contributed by atoms with E-state index in [2.05, 4.69) is 26.1 Å². The Balaban J connectivity index is 2.03. The van der Waals surface area contributed by atoms with E-state index in [1.807, 2.05) is 68.7 Å². The summed E-state index contributed by atoms with van der Waals surface area (Å²) < 4.78 is 1.02. The third-order valence-electron chi connectivity index (χ3n) is 3.36. The maximum absolute atomic E-state index is 12.3. The molecule has 0 saturated heterocycles. The molecule has 0 heterocycles. The number of rotatable bonds is 6. The zero-order chi connectivity index (χ0) is 15.9. The van der Waals surface area contributed by atoms with Crippen molar-refractivity contribution in [2.45, 2.75) is 12.5 Å². The van der Waals surface area contributed by atoms with E-state index in [4.69, 9.17) is 0 Å². The molecule has 1 atom stereocenters. The van der Waals surface area contributed by atoms with E-state index >= 15 is 0 Å². The first-order valence-corrected chi connectivity index (χ1v) is 8.07. The van der Waals surface area contributed by atoms with Crippen molar-refractivity contribution in [2.24, 2.45) is 0 Å². The van der Waals surface area contributed by atoms with Crippen molar-refractivity contribution in [3.05, 3.63) is 70.2 Å². The van der Waals surface area contributed by atoms with Gasteiger partial charge >= 0.3 is 0 Å². The van der Waals surface area contributed by atoms with E-state index in [-0.39, 0.29) is 11.9 Å². The number of halogens is 1. The van der Waals surface area contributed by atoms with E-state index in [0.717, 1.165) is 22.1 Å². The van der Waals surface area contributed by atoms with Gasteiger partial charge in [-0.05, 0) is 37.4 Å². The Bertz CT molecular complexity index is 596. The molecule has 4 heteroatoms. The Morgan fingerprint density at radius 1 is 1.09 bits per heavy atom. The van der Waals surface area contributed by atoms with Crippen LogP contribution in [0.25, 0.3) is 0 Å². The highest BCUT2D eigenvalue weighted by molar-refractivity contribution is 9.10. The summed E-state index contributed by atoms with van der Waals surface area (Å²) in [5.41, 5.74) is 2.14. The van der Waals surface area contributed by atoms with Crippen molar-refractivity contribution in [3.63, 3.8) is 0 Å². The van der Waals surface area contributed by atoms with Crippen LogP contribution in [0, 0.1) is 0 Å². The molecule has 1 N–H and O–H groups in total. The van der Waals surface area contributed by atoms with Gasteiger partial charge in [0.25, 0.3) is 0 Å². The molecule has 2 aromatic rings. The first-order chi connectivity index (χ1) is 10.5. The van der Waals surface area contributed by atoms with E-state index in [0.29, 0.717) is 6.42 Å². The average Bonchev–Trinajstić information content (AvgIpc) is 2.49. The topological polar surface area (TPSA) is 32.3 Å². The maximum atomic E-state index is 12.3. The van der Waals surface area contributed by atoms with Crippen LogP contribution in [0.15, 0.2) is 59.1 Å². The Kier molecular flexibility index (Phi) is 6.16. The van der Waals surface area contributed by atoms with E-state index in [9.17, 15) is 4.79 Å². The number of carbonyl (C=O) groups is 1. The van der Waals surface area contributed by atoms with Gasteiger partial charge in [0.1, 0.15) is 0 Å². The monoisotopic (exact) mass is 360 g/mol. The van der Waals surface area contributed by atoms with Crippen molar-refractivity contribution < 1.29 is 4.79 Å². The summed E-state index contributed by atoms with van der Waals surface area (Å²) in [7, 11) is 4.02. The molecule has 0 unspecified atom stereocenters. The minimum atomic E-state index is -0.000789. The van der Waals surface area contributed by atoms with Gasteiger partial charge in [-0.1, -0.05) is 58.4 Å². The van der Waals surface area contributed by atoms with Crippen molar-refractivity contribution in [3.8, 4) is 0 Å². The van der Waals surface area contributed by atoms with Gasteiger partial charge in [0.2, 0.25) is 5.91 Å². The molecular formula is C18H21BrN2O. The third-order valence-corrected chi connectivity index (χ3v) is 3.89. The molecular weight excluding hydrogens is 340 g/mol. The Labute approximate surface area is 140 Å². The van der Waals surface area contributed by atoms with Gasteiger partial charge in [-0.2, -0.15) is 0 Å². The number of nitrogens with zero attached hydrogens (tertiary/aromatic N) is 1. The average molecular weight is 361 g/mol. The number of nitrogens with one attached hydrogen (secondary N) is 1. The molecule has 0 aliphatic rings.